The van der Waals surface area contributed by atoms with Crippen molar-refractivity contribution in [1.29, 1.82) is 0 Å². The standard InChI is InChI=1S/C6H2F4INO/c7-3-1-12-2-4(11)5(3)13-6(8,9)10/h1-2H. The number of ether oxygens (including phenoxy) is 1. The summed E-state index contributed by atoms with van der Waals surface area (Å²) in [5, 5.41) is 0. The Morgan fingerprint density at radius 1 is 1.31 bits per heavy atom. The number of alkyl halides is 3. The van der Waals surface area contributed by atoms with Gasteiger partial charge in [-0.3, -0.25) is 4.98 Å². The highest BCUT2D eigenvalue weighted by Gasteiger charge is 2.33. The minimum Gasteiger partial charge on any atom is -0.401 e. The predicted octanol–water partition coefficient (Wildman–Crippen LogP) is 2.72. The zero-order valence-electron chi connectivity index (χ0n) is 5.90. The van der Waals surface area contributed by atoms with Crippen molar-refractivity contribution in [1.82, 2.24) is 4.98 Å². The van der Waals surface area contributed by atoms with Gasteiger partial charge in [0, 0.05) is 6.20 Å². The second-order valence-electron chi connectivity index (χ2n) is 1.98. The molecule has 0 radical (unpaired) electrons. The Labute approximate surface area is 84.1 Å². The molecule has 0 aliphatic rings. The highest BCUT2D eigenvalue weighted by atomic mass is 127. The van der Waals surface area contributed by atoms with Gasteiger partial charge in [0.05, 0.1) is 9.77 Å². The zero-order valence-corrected chi connectivity index (χ0v) is 8.06. The van der Waals surface area contributed by atoms with Crippen LogP contribution in [0.15, 0.2) is 12.4 Å². The van der Waals surface area contributed by atoms with Crippen molar-refractivity contribution in [2.24, 2.45) is 0 Å². The van der Waals surface area contributed by atoms with E-state index in [1.807, 2.05) is 0 Å². The third-order valence-corrected chi connectivity index (χ3v) is 1.80. The molecular formula is C6H2F4INO. The van der Waals surface area contributed by atoms with Crippen LogP contribution >= 0.6 is 22.6 Å². The smallest absolute Gasteiger partial charge is 0.401 e. The SMILES string of the molecule is Fc1cncc(I)c1OC(F)(F)F. The minimum atomic E-state index is -4.89. The predicted molar refractivity (Wildman–Crippen MR) is 43.6 cm³/mol. The van der Waals surface area contributed by atoms with Crippen molar-refractivity contribution >= 4 is 22.6 Å². The molecule has 0 amide bonds. The number of halogens is 5. The first kappa shape index (κ1) is 10.5. The molecule has 1 aromatic rings. The van der Waals surface area contributed by atoms with Crippen LogP contribution in [0.2, 0.25) is 0 Å². The molecule has 0 bridgehead atoms. The molecule has 72 valence electrons. The van der Waals surface area contributed by atoms with Gasteiger partial charge in [-0.15, -0.1) is 13.2 Å². The molecule has 0 saturated carbocycles. The number of aromatic nitrogens is 1. The fourth-order valence-corrected chi connectivity index (χ4v) is 1.14. The lowest BCUT2D eigenvalue weighted by Crippen LogP contribution is -2.18. The van der Waals surface area contributed by atoms with Gasteiger partial charge < -0.3 is 4.74 Å². The van der Waals surface area contributed by atoms with Gasteiger partial charge in [0.25, 0.3) is 0 Å². The molecular weight excluding hydrogens is 305 g/mol. The van der Waals surface area contributed by atoms with Crippen molar-refractivity contribution in [3.63, 3.8) is 0 Å². The first-order valence-electron chi connectivity index (χ1n) is 2.95. The minimum absolute atomic E-state index is 0.0325. The average Bonchev–Trinajstić information content (AvgIpc) is 1.95. The monoisotopic (exact) mass is 307 g/mol. The van der Waals surface area contributed by atoms with Gasteiger partial charge in [0.1, 0.15) is 0 Å². The van der Waals surface area contributed by atoms with E-state index < -0.39 is 17.9 Å². The van der Waals surface area contributed by atoms with Crippen LogP contribution in [-0.2, 0) is 0 Å². The molecule has 0 aliphatic carbocycles. The van der Waals surface area contributed by atoms with E-state index in [1.54, 1.807) is 0 Å². The van der Waals surface area contributed by atoms with Gasteiger partial charge in [-0.05, 0) is 22.6 Å². The highest BCUT2D eigenvalue weighted by molar-refractivity contribution is 14.1. The molecule has 1 heterocycles. The zero-order chi connectivity index (χ0) is 10.1. The van der Waals surface area contributed by atoms with Gasteiger partial charge >= 0.3 is 6.36 Å². The number of nitrogens with zero attached hydrogens (tertiary/aromatic N) is 1. The number of hydrogen-bond acceptors (Lipinski definition) is 2. The van der Waals surface area contributed by atoms with Crippen LogP contribution in [0.3, 0.4) is 0 Å². The molecule has 7 heteroatoms. The highest BCUT2D eigenvalue weighted by Crippen LogP contribution is 2.29. The Hall–Kier alpha value is -0.600. The molecule has 1 rings (SSSR count). The van der Waals surface area contributed by atoms with E-state index in [9.17, 15) is 17.6 Å². The topological polar surface area (TPSA) is 22.1 Å². The maximum atomic E-state index is 12.7. The number of pyridine rings is 1. The average molecular weight is 307 g/mol. The van der Waals surface area contributed by atoms with E-state index in [1.165, 1.54) is 22.6 Å². The Morgan fingerprint density at radius 2 is 1.92 bits per heavy atom. The van der Waals surface area contributed by atoms with Crippen LogP contribution in [-0.4, -0.2) is 11.3 Å². The summed E-state index contributed by atoms with van der Waals surface area (Å²) in [6, 6.07) is 0. The van der Waals surface area contributed by atoms with Gasteiger partial charge in [0.2, 0.25) is 0 Å². The molecule has 0 saturated heterocycles. The normalized spacial score (nSPS) is 11.5. The molecule has 0 aliphatic heterocycles. The lowest BCUT2D eigenvalue weighted by molar-refractivity contribution is -0.276. The third kappa shape index (κ3) is 2.98. The summed E-state index contributed by atoms with van der Waals surface area (Å²) in [6.45, 7) is 0. The summed E-state index contributed by atoms with van der Waals surface area (Å²) in [6.07, 6.45) is -3.16. The van der Waals surface area contributed by atoms with E-state index in [-0.39, 0.29) is 3.57 Å². The summed E-state index contributed by atoms with van der Waals surface area (Å²) in [4.78, 5) is 3.34. The number of hydrogen-bond donors (Lipinski definition) is 0. The fourth-order valence-electron chi connectivity index (χ4n) is 0.613. The van der Waals surface area contributed by atoms with E-state index in [0.29, 0.717) is 6.20 Å². The third-order valence-electron chi connectivity index (χ3n) is 1.03. The molecule has 0 aromatic carbocycles. The van der Waals surface area contributed by atoms with Crippen LogP contribution < -0.4 is 4.74 Å². The molecule has 0 fully saturated rings. The lowest BCUT2D eigenvalue weighted by atomic mass is 10.4. The van der Waals surface area contributed by atoms with Crippen molar-refractivity contribution in [3.05, 3.63) is 21.8 Å². The van der Waals surface area contributed by atoms with Crippen LogP contribution in [0.5, 0.6) is 5.75 Å². The van der Waals surface area contributed by atoms with Crippen LogP contribution in [0.1, 0.15) is 0 Å². The second-order valence-corrected chi connectivity index (χ2v) is 3.14. The van der Waals surface area contributed by atoms with E-state index >= 15 is 0 Å². The van der Waals surface area contributed by atoms with Crippen molar-refractivity contribution < 1.29 is 22.3 Å². The van der Waals surface area contributed by atoms with Crippen molar-refractivity contribution in [2.75, 3.05) is 0 Å². The largest absolute Gasteiger partial charge is 0.573 e. The Balaban J connectivity index is 3.00. The summed E-state index contributed by atoms with van der Waals surface area (Å²) in [5.41, 5.74) is 0. The van der Waals surface area contributed by atoms with Gasteiger partial charge in [0.15, 0.2) is 11.6 Å². The summed E-state index contributed by atoms with van der Waals surface area (Å²) in [7, 11) is 0. The van der Waals surface area contributed by atoms with Crippen molar-refractivity contribution in [2.45, 2.75) is 6.36 Å². The summed E-state index contributed by atoms with van der Waals surface area (Å²) >= 11 is 1.50. The molecule has 0 N–H and O–H groups in total. The van der Waals surface area contributed by atoms with Crippen molar-refractivity contribution in [3.8, 4) is 5.75 Å². The molecule has 13 heavy (non-hydrogen) atoms. The molecule has 0 atom stereocenters. The van der Waals surface area contributed by atoms with Gasteiger partial charge in [-0.1, -0.05) is 0 Å². The van der Waals surface area contributed by atoms with Crippen LogP contribution in [0, 0.1) is 9.39 Å². The summed E-state index contributed by atoms with van der Waals surface area (Å²) in [5.74, 6) is -1.98. The second kappa shape index (κ2) is 3.64. The Bertz CT molecular complexity index is 294. The first-order chi connectivity index (χ1) is 5.90. The van der Waals surface area contributed by atoms with Crippen LogP contribution in [0.4, 0.5) is 17.6 Å². The van der Waals surface area contributed by atoms with E-state index in [0.717, 1.165) is 6.20 Å². The first-order valence-corrected chi connectivity index (χ1v) is 4.03. The molecule has 1 aromatic heterocycles. The molecule has 0 spiro atoms. The lowest BCUT2D eigenvalue weighted by Gasteiger charge is -2.10. The van der Waals surface area contributed by atoms with E-state index in [4.69, 9.17) is 0 Å². The van der Waals surface area contributed by atoms with Crippen LogP contribution in [0.25, 0.3) is 0 Å². The van der Waals surface area contributed by atoms with Gasteiger partial charge in [-0.25, -0.2) is 4.39 Å². The maximum absolute atomic E-state index is 12.7. The molecule has 2 nitrogen and oxygen atoms in total. The fraction of sp³-hybridized carbons (Fsp3) is 0.167. The summed E-state index contributed by atoms with van der Waals surface area (Å²) < 4.78 is 51.2. The van der Waals surface area contributed by atoms with E-state index in [2.05, 4.69) is 9.72 Å². The molecule has 0 unspecified atom stereocenters. The number of rotatable bonds is 1. The Kier molecular flexibility index (Phi) is 2.94. The Morgan fingerprint density at radius 3 is 2.38 bits per heavy atom. The quantitative estimate of drug-likeness (QED) is 0.588. The van der Waals surface area contributed by atoms with Gasteiger partial charge in [-0.2, -0.15) is 0 Å². The maximum Gasteiger partial charge on any atom is 0.573 e.